The van der Waals surface area contributed by atoms with Crippen LogP contribution in [-0.4, -0.2) is 70.6 Å². The molecule has 5 rings (SSSR count). The number of nitrogens with zero attached hydrogens (tertiary/aromatic N) is 3. The van der Waals surface area contributed by atoms with Gasteiger partial charge in [0.15, 0.2) is 0 Å². The number of imidazole rings is 1. The standard InChI is InChI=1S/C35H45N5O2/c1-34(2,3)25-21-27(31(41)28(22-25)35(4,5)6)32-37-29-13-10-24(20-30(29)38-32)33(42)36-26-11-8-23(9-12-26)14-15-40-18-16-39(7)17-19-40/h8-13,20-22,41H,14-19H2,1-7H3,(H,36,42)(H,37,38). The molecule has 1 aliphatic heterocycles. The van der Waals surface area contributed by atoms with Gasteiger partial charge in [-0.3, -0.25) is 4.79 Å². The fourth-order valence-corrected chi connectivity index (χ4v) is 5.41. The number of amides is 1. The average Bonchev–Trinajstić information content (AvgIpc) is 3.35. The molecule has 0 atom stereocenters. The third kappa shape index (κ3) is 6.69. The highest BCUT2D eigenvalue weighted by atomic mass is 16.3. The van der Waals surface area contributed by atoms with Gasteiger partial charge in [-0.1, -0.05) is 59.7 Å². The lowest BCUT2D eigenvalue weighted by Gasteiger charge is -2.32. The first-order valence-electron chi connectivity index (χ1n) is 15.0. The number of piperazine rings is 1. The molecule has 7 heteroatoms. The molecule has 222 valence electrons. The zero-order valence-corrected chi connectivity index (χ0v) is 26.1. The van der Waals surface area contributed by atoms with Crippen LogP contribution in [0.25, 0.3) is 22.4 Å². The molecule has 2 heterocycles. The lowest BCUT2D eigenvalue weighted by atomic mass is 9.79. The van der Waals surface area contributed by atoms with E-state index in [2.05, 4.69) is 86.9 Å². The van der Waals surface area contributed by atoms with Gasteiger partial charge in [0.1, 0.15) is 11.6 Å². The maximum absolute atomic E-state index is 13.1. The second kappa shape index (κ2) is 11.5. The molecule has 3 N–H and O–H groups in total. The summed E-state index contributed by atoms with van der Waals surface area (Å²) >= 11 is 0. The van der Waals surface area contributed by atoms with Gasteiger partial charge in [0.2, 0.25) is 0 Å². The van der Waals surface area contributed by atoms with Crippen LogP contribution in [0.3, 0.4) is 0 Å². The number of likely N-dealkylation sites (N-methyl/N-ethyl adjacent to an activating group) is 1. The van der Waals surface area contributed by atoms with Crippen LogP contribution in [-0.2, 0) is 17.3 Å². The minimum absolute atomic E-state index is 0.0947. The van der Waals surface area contributed by atoms with Crippen LogP contribution in [0.5, 0.6) is 5.75 Å². The Morgan fingerprint density at radius 2 is 1.62 bits per heavy atom. The summed E-state index contributed by atoms with van der Waals surface area (Å²) in [5.74, 6) is 0.647. The van der Waals surface area contributed by atoms with Crippen molar-refractivity contribution in [3.8, 4) is 17.1 Å². The molecular formula is C35H45N5O2. The molecule has 1 amide bonds. The highest BCUT2D eigenvalue weighted by Gasteiger charge is 2.26. The van der Waals surface area contributed by atoms with Gasteiger partial charge in [-0.05, 0) is 71.8 Å². The molecule has 1 fully saturated rings. The number of fused-ring (bicyclic) bond motifs is 1. The maximum atomic E-state index is 13.1. The van der Waals surface area contributed by atoms with Gasteiger partial charge in [-0.2, -0.15) is 0 Å². The summed E-state index contributed by atoms with van der Waals surface area (Å²) in [6.45, 7) is 18.4. The topological polar surface area (TPSA) is 84.5 Å². The molecule has 0 aliphatic carbocycles. The van der Waals surface area contributed by atoms with Crippen LogP contribution >= 0.6 is 0 Å². The van der Waals surface area contributed by atoms with Crippen molar-refractivity contribution in [2.75, 3.05) is 45.1 Å². The van der Waals surface area contributed by atoms with Gasteiger partial charge in [0.25, 0.3) is 5.91 Å². The van der Waals surface area contributed by atoms with E-state index in [4.69, 9.17) is 4.98 Å². The highest BCUT2D eigenvalue weighted by Crippen LogP contribution is 2.41. The third-order valence-corrected chi connectivity index (χ3v) is 8.31. The number of H-pyrrole nitrogens is 1. The minimum atomic E-state index is -0.236. The Morgan fingerprint density at radius 1 is 0.929 bits per heavy atom. The van der Waals surface area contributed by atoms with Gasteiger partial charge in [-0.25, -0.2) is 4.98 Å². The first kappa shape index (κ1) is 29.8. The normalized spacial score (nSPS) is 15.3. The summed E-state index contributed by atoms with van der Waals surface area (Å²) < 4.78 is 0. The molecule has 3 aromatic carbocycles. The zero-order chi connectivity index (χ0) is 30.2. The summed E-state index contributed by atoms with van der Waals surface area (Å²) in [5.41, 5.74) is 6.42. The van der Waals surface area contributed by atoms with Gasteiger partial charge < -0.3 is 25.2 Å². The number of nitrogens with one attached hydrogen (secondary N) is 2. The Labute approximate surface area is 250 Å². The van der Waals surface area contributed by atoms with Crippen LogP contribution < -0.4 is 5.32 Å². The van der Waals surface area contributed by atoms with E-state index in [1.54, 1.807) is 6.07 Å². The SMILES string of the molecule is CN1CCN(CCc2ccc(NC(=O)c3ccc4nc(-c5cc(C(C)(C)C)cc(C(C)(C)C)c5O)[nH]c4c3)cc2)CC1. The summed E-state index contributed by atoms with van der Waals surface area (Å²) in [6, 6.07) is 17.7. The predicted octanol–water partition coefficient (Wildman–Crippen LogP) is 6.57. The quantitative estimate of drug-likeness (QED) is 0.245. The van der Waals surface area contributed by atoms with E-state index in [1.807, 2.05) is 30.3 Å². The third-order valence-electron chi connectivity index (χ3n) is 8.31. The second-order valence-electron chi connectivity index (χ2n) is 13.8. The summed E-state index contributed by atoms with van der Waals surface area (Å²) in [6.07, 6.45) is 1.00. The largest absolute Gasteiger partial charge is 0.507 e. The zero-order valence-electron chi connectivity index (χ0n) is 26.1. The van der Waals surface area contributed by atoms with E-state index in [0.29, 0.717) is 17.0 Å². The molecule has 1 aromatic heterocycles. The van der Waals surface area contributed by atoms with Crippen molar-refractivity contribution in [1.82, 2.24) is 19.8 Å². The monoisotopic (exact) mass is 567 g/mol. The van der Waals surface area contributed by atoms with Crippen molar-refractivity contribution in [3.63, 3.8) is 0 Å². The van der Waals surface area contributed by atoms with E-state index >= 15 is 0 Å². The number of anilines is 1. The Bertz CT molecular complexity index is 1570. The first-order chi connectivity index (χ1) is 19.8. The van der Waals surface area contributed by atoms with Crippen molar-refractivity contribution in [1.29, 1.82) is 0 Å². The Balaban J connectivity index is 1.32. The van der Waals surface area contributed by atoms with E-state index in [1.165, 1.54) is 5.56 Å². The predicted molar refractivity (Wildman–Crippen MR) is 173 cm³/mol. The molecule has 0 unspecified atom stereocenters. The van der Waals surface area contributed by atoms with Crippen molar-refractivity contribution in [2.45, 2.75) is 58.8 Å². The van der Waals surface area contributed by atoms with Gasteiger partial charge in [0.05, 0.1) is 16.6 Å². The van der Waals surface area contributed by atoms with E-state index in [-0.39, 0.29) is 22.5 Å². The molecule has 0 bridgehead atoms. The molecule has 7 nitrogen and oxygen atoms in total. The van der Waals surface area contributed by atoms with Crippen LogP contribution in [0.1, 0.15) is 68.6 Å². The number of carbonyl (C=O) groups excluding carboxylic acids is 1. The molecule has 1 saturated heterocycles. The smallest absolute Gasteiger partial charge is 0.255 e. The molecule has 4 aromatic rings. The molecule has 1 aliphatic rings. The number of hydrogen-bond acceptors (Lipinski definition) is 5. The van der Waals surface area contributed by atoms with Crippen LogP contribution in [0.2, 0.25) is 0 Å². The first-order valence-corrected chi connectivity index (χ1v) is 15.0. The summed E-state index contributed by atoms with van der Waals surface area (Å²) in [7, 11) is 2.18. The Morgan fingerprint density at radius 3 is 2.26 bits per heavy atom. The van der Waals surface area contributed by atoms with Gasteiger partial charge in [-0.15, -0.1) is 0 Å². The lowest BCUT2D eigenvalue weighted by molar-refractivity contribution is 0.102. The van der Waals surface area contributed by atoms with Crippen molar-refractivity contribution >= 4 is 22.6 Å². The summed E-state index contributed by atoms with van der Waals surface area (Å²) in [4.78, 5) is 26.2. The number of aromatic nitrogens is 2. The number of benzene rings is 3. The molecular weight excluding hydrogens is 522 g/mol. The van der Waals surface area contributed by atoms with E-state index < -0.39 is 0 Å². The van der Waals surface area contributed by atoms with Crippen molar-refractivity contribution in [3.05, 3.63) is 76.9 Å². The minimum Gasteiger partial charge on any atom is -0.507 e. The van der Waals surface area contributed by atoms with Gasteiger partial charge in [0, 0.05) is 49.5 Å². The second-order valence-corrected chi connectivity index (χ2v) is 13.8. The summed E-state index contributed by atoms with van der Waals surface area (Å²) in [5, 5.41) is 14.3. The van der Waals surface area contributed by atoms with E-state index in [9.17, 15) is 9.90 Å². The average molecular weight is 568 g/mol. The van der Waals surface area contributed by atoms with Gasteiger partial charge >= 0.3 is 0 Å². The number of phenols is 1. The number of phenolic OH excluding ortho intramolecular Hbond substituents is 1. The molecule has 42 heavy (non-hydrogen) atoms. The molecule has 0 radical (unpaired) electrons. The van der Waals surface area contributed by atoms with E-state index in [0.717, 1.165) is 67.0 Å². The maximum Gasteiger partial charge on any atom is 0.255 e. The number of aromatic hydroxyl groups is 1. The van der Waals surface area contributed by atoms with Crippen LogP contribution in [0.15, 0.2) is 54.6 Å². The Kier molecular flexibility index (Phi) is 8.19. The molecule has 0 spiro atoms. The highest BCUT2D eigenvalue weighted by molar-refractivity contribution is 6.06. The number of hydrogen-bond donors (Lipinski definition) is 3. The molecule has 0 saturated carbocycles. The lowest BCUT2D eigenvalue weighted by Crippen LogP contribution is -2.45. The number of rotatable bonds is 6. The number of carbonyl (C=O) groups is 1. The fraction of sp³-hybridized carbons (Fsp3) is 0.429. The Hall–Kier alpha value is -3.68. The van der Waals surface area contributed by atoms with Crippen LogP contribution in [0, 0.1) is 0 Å². The van der Waals surface area contributed by atoms with Crippen LogP contribution in [0.4, 0.5) is 5.69 Å². The number of aromatic amines is 1. The van der Waals surface area contributed by atoms with Crippen molar-refractivity contribution < 1.29 is 9.90 Å². The fourth-order valence-electron chi connectivity index (χ4n) is 5.41. The van der Waals surface area contributed by atoms with Crippen molar-refractivity contribution in [2.24, 2.45) is 0 Å².